The van der Waals surface area contributed by atoms with Gasteiger partial charge in [0.1, 0.15) is 5.82 Å². The van der Waals surface area contributed by atoms with Crippen molar-refractivity contribution in [2.45, 2.75) is 77.6 Å². The van der Waals surface area contributed by atoms with Crippen LogP contribution in [-0.4, -0.2) is 19.3 Å². The summed E-state index contributed by atoms with van der Waals surface area (Å²) in [6.45, 7) is 7.44. The number of aryl methyl sites for hydroxylation is 1. The zero-order valence-corrected chi connectivity index (χ0v) is 18.9. The van der Waals surface area contributed by atoms with Crippen molar-refractivity contribution in [1.82, 2.24) is 0 Å². The van der Waals surface area contributed by atoms with E-state index in [4.69, 9.17) is 11.5 Å². The third kappa shape index (κ3) is 11.3. The van der Waals surface area contributed by atoms with Crippen molar-refractivity contribution in [2.75, 3.05) is 13.1 Å². The van der Waals surface area contributed by atoms with E-state index >= 15 is 0 Å². The summed E-state index contributed by atoms with van der Waals surface area (Å²) in [7, 11) is 0. The van der Waals surface area contributed by atoms with Gasteiger partial charge < -0.3 is 11.5 Å². The van der Waals surface area contributed by atoms with Gasteiger partial charge in [0.25, 0.3) is 0 Å². The first-order valence-electron chi connectivity index (χ1n) is 11.6. The number of halogens is 1. The molecule has 0 saturated carbocycles. The van der Waals surface area contributed by atoms with E-state index in [1.165, 1.54) is 19.3 Å². The summed E-state index contributed by atoms with van der Waals surface area (Å²) >= 11 is 0. The molecule has 0 aliphatic heterocycles. The van der Waals surface area contributed by atoms with E-state index in [0.717, 1.165) is 74.7 Å². The molecule has 1 atom stereocenters. The number of nitrogens with two attached hydrogens (primary N) is 2. The summed E-state index contributed by atoms with van der Waals surface area (Å²) in [6, 6.07) is 5.63. The highest BCUT2D eigenvalue weighted by molar-refractivity contribution is 5.78. The Hall–Kier alpha value is -1.94. The monoisotopic (exact) mass is 415 g/mol. The molecule has 1 aromatic carbocycles. The van der Waals surface area contributed by atoms with E-state index in [-0.39, 0.29) is 5.82 Å². The van der Waals surface area contributed by atoms with Gasteiger partial charge in [0.2, 0.25) is 0 Å². The lowest BCUT2D eigenvalue weighted by Gasteiger charge is -2.16. The first-order valence-corrected chi connectivity index (χ1v) is 11.6. The number of benzene rings is 1. The fraction of sp³-hybridized carbons (Fsp3) is 0.577. The van der Waals surface area contributed by atoms with Crippen LogP contribution in [0.25, 0.3) is 0 Å². The SMILES string of the molecule is C=CCc1ccc(CCCCC(CCCCN)CC/N=C\C(=C/N)CCC)cc1F. The van der Waals surface area contributed by atoms with Gasteiger partial charge in [0.05, 0.1) is 0 Å². The number of hydrogen-bond donors (Lipinski definition) is 2. The maximum atomic E-state index is 14.1. The van der Waals surface area contributed by atoms with Crippen molar-refractivity contribution >= 4 is 6.21 Å². The van der Waals surface area contributed by atoms with Crippen LogP contribution in [0.3, 0.4) is 0 Å². The van der Waals surface area contributed by atoms with Crippen LogP contribution >= 0.6 is 0 Å². The Morgan fingerprint density at radius 3 is 2.57 bits per heavy atom. The molecule has 168 valence electrons. The Balaban J connectivity index is 2.43. The first-order chi connectivity index (χ1) is 14.6. The van der Waals surface area contributed by atoms with Crippen molar-refractivity contribution < 1.29 is 4.39 Å². The minimum atomic E-state index is -0.112. The molecule has 0 fully saturated rings. The van der Waals surface area contributed by atoms with Gasteiger partial charge in [0.15, 0.2) is 0 Å². The van der Waals surface area contributed by atoms with Crippen LogP contribution in [0.1, 0.15) is 75.8 Å². The summed E-state index contributed by atoms with van der Waals surface area (Å²) in [5, 5.41) is 0. The summed E-state index contributed by atoms with van der Waals surface area (Å²) in [4.78, 5) is 4.59. The number of aliphatic imine (C=N–C) groups is 1. The molecule has 3 nitrogen and oxygen atoms in total. The lowest BCUT2D eigenvalue weighted by molar-refractivity contribution is 0.394. The molecular formula is C26H42FN3. The fourth-order valence-corrected chi connectivity index (χ4v) is 3.76. The Morgan fingerprint density at radius 1 is 1.17 bits per heavy atom. The molecule has 0 bridgehead atoms. The average molecular weight is 416 g/mol. The minimum Gasteiger partial charge on any atom is -0.404 e. The molecule has 0 aliphatic carbocycles. The van der Waals surface area contributed by atoms with Gasteiger partial charge in [-0.1, -0.05) is 57.2 Å². The molecule has 1 aromatic rings. The van der Waals surface area contributed by atoms with E-state index in [2.05, 4.69) is 18.5 Å². The molecule has 0 amide bonds. The Bertz CT molecular complexity index is 652. The van der Waals surface area contributed by atoms with Crippen LogP contribution in [0.15, 0.2) is 47.6 Å². The topological polar surface area (TPSA) is 64.4 Å². The first kappa shape index (κ1) is 26.1. The average Bonchev–Trinajstić information content (AvgIpc) is 2.74. The third-order valence-corrected chi connectivity index (χ3v) is 5.55. The molecule has 30 heavy (non-hydrogen) atoms. The molecule has 1 unspecified atom stereocenters. The highest BCUT2D eigenvalue weighted by Crippen LogP contribution is 2.21. The Morgan fingerprint density at radius 2 is 1.93 bits per heavy atom. The standard InChI is InChI=1S/C26H42FN3/c1-3-9-24(20-29)21-30-18-16-22(12-7-8-17-28)11-5-6-13-23-14-15-25(10-4-2)26(27)19-23/h4,14-15,19-22H,2-3,5-13,16-18,28-29H2,1H3/b24-20-,30-21-. The molecule has 0 radical (unpaired) electrons. The van der Waals surface area contributed by atoms with Crippen LogP contribution in [0, 0.1) is 11.7 Å². The molecule has 1 rings (SSSR count). The van der Waals surface area contributed by atoms with Crippen molar-refractivity contribution in [3.63, 3.8) is 0 Å². The third-order valence-electron chi connectivity index (χ3n) is 5.55. The normalized spacial score (nSPS) is 13.1. The smallest absolute Gasteiger partial charge is 0.126 e. The van der Waals surface area contributed by atoms with Gasteiger partial charge in [-0.15, -0.1) is 6.58 Å². The van der Waals surface area contributed by atoms with Crippen LogP contribution in [0.4, 0.5) is 4.39 Å². The molecule has 0 spiro atoms. The largest absolute Gasteiger partial charge is 0.404 e. The number of allylic oxidation sites excluding steroid dienone is 2. The van der Waals surface area contributed by atoms with Crippen LogP contribution in [-0.2, 0) is 12.8 Å². The molecule has 0 heterocycles. The molecule has 4 N–H and O–H groups in total. The molecule has 0 aromatic heterocycles. The van der Waals surface area contributed by atoms with E-state index in [9.17, 15) is 4.39 Å². The van der Waals surface area contributed by atoms with E-state index in [0.29, 0.717) is 12.3 Å². The van der Waals surface area contributed by atoms with E-state index in [1.54, 1.807) is 18.3 Å². The number of rotatable bonds is 17. The highest BCUT2D eigenvalue weighted by Gasteiger charge is 2.09. The van der Waals surface area contributed by atoms with Crippen molar-refractivity contribution in [1.29, 1.82) is 0 Å². The summed E-state index contributed by atoms with van der Waals surface area (Å²) in [6.07, 6.45) is 17.0. The van der Waals surface area contributed by atoms with E-state index in [1.807, 2.05) is 18.3 Å². The Labute approximate surface area is 183 Å². The zero-order valence-electron chi connectivity index (χ0n) is 18.9. The minimum absolute atomic E-state index is 0.112. The Kier molecular flexibility index (Phi) is 14.6. The maximum absolute atomic E-state index is 14.1. The van der Waals surface area contributed by atoms with Gasteiger partial charge in [0, 0.05) is 12.8 Å². The number of unbranched alkanes of at least 4 members (excludes halogenated alkanes) is 2. The lowest BCUT2D eigenvalue weighted by Crippen LogP contribution is -2.06. The van der Waals surface area contributed by atoms with Crippen LogP contribution in [0.2, 0.25) is 0 Å². The predicted molar refractivity (Wildman–Crippen MR) is 129 cm³/mol. The van der Waals surface area contributed by atoms with Gasteiger partial charge >= 0.3 is 0 Å². The number of hydrogen-bond acceptors (Lipinski definition) is 3. The fourth-order valence-electron chi connectivity index (χ4n) is 3.76. The van der Waals surface area contributed by atoms with Crippen molar-refractivity contribution in [3.8, 4) is 0 Å². The second-order valence-corrected chi connectivity index (χ2v) is 8.13. The summed E-state index contributed by atoms with van der Waals surface area (Å²) < 4.78 is 14.1. The molecule has 0 aliphatic rings. The van der Waals surface area contributed by atoms with Crippen LogP contribution in [0.5, 0.6) is 0 Å². The van der Waals surface area contributed by atoms with Gasteiger partial charge in [-0.05, 0) is 80.0 Å². The molecule has 0 saturated heterocycles. The predicted octanol–water partition coefficient (Wildman–Crippen LogP) is 6.12. The van der Waals surface area contributed by atoms with Gasteiger partial charge in [-0.3, -0.25) is 4.99 Å². The summed E-state index contributed by atoms with van der Waals surface area (Å²) in [5.74, 6) is 0.566. The lowest BCUT2D eigenvalue weighted by atomic mass is 9.92. The highest BCUT2D eigenvalue weighted by atomic mass is 19.1. The second kappa shape index (κ2) is 16.8. The van der Waals surface area contributed by atoms with Crippen LogP contribution < -0.4 is 11.5 Å². The number of nitrogens with zero attached hydrogens (tertiary/aromatic N) is 1. The molecule has 4 heteroatoms. The molecular weight excluding hydrogens is 373 g/mol. The van der Waals surface area contributed by atoms with Crippen molar-refractivity contribution in [2.24, 2.45) is 22.4 Å². The van der Waals surface area contributed by atoms with Crippen molar-refractivity contribution in [3.05, 3.63) is 59.6 Å². The van der Waals surface area contributed by atoms with E-state index < -0.39 is 0 Å². The maximum Gasteiger partial charge on any atom is 0.126 e. The van der Waals surface area contributed by atoms with Gasteiger partial charge in [-0.2, -0.15) is 0 Å². The van der Waals surface area contributed by atoms with Gasteiger partial charge in [-0.25, -0.2) is 4.39 Å². The summed E-state index contributed by atoms with van der Waals surface area (Å²) in [5.41, 5.74) is 14.2. The zero-order chi connectivity index (χ0) is 22.0. The quantitative estimate of drug-likeness (QED) is 0.183. The second-order valence-electron chi connectivity index (χ2n) is 8.13.